The molecule has 1 nitrogen and oxygen atoms in total. The molecule has 2 aromatic rings. The van der Waals surface area contributed by atoms with Gasteiger partial charge in [-0.05, 0) is 49.2 Å². The van der Waals surface area contributed by atoms with Gasteiger partial charge in [0.15, 0.2) is 0 Å². The largest absolute Gasteiger partial charge is 0.247 e. The van der Waals surface area contributed by atoms with Crippen molar-refractivity contribution < 1.29 is 4.39 Å². The van der Waals surface area contributed by atoms with E-state index in [9.17, 15) is 4.39 Å². The van der Waals surface area contributed by atoms with Crippen LogP contribution in [0.2, 0.25) is 0 Å². The highest BCUT2D eigenvalue weighted by Gasteiger charge is 2.05. The van der Waals surface area contributed by atoms with Gasteiger partial charge in [0.1, 0.15) is 5.82 Å². The number of aromatic nitrogens is 1. The van der Waals surface area contributed by atoms with Crippen LogP contribution in [-0.2, 0) is 5.75 Å². The van der Waals surface area contributed by atoms with Crippen molar-refractivity contribution >= 4 is 27.7 Å². The Morgan fingerprint density at radius 2 is 2.00 bits per heavy atom. The summed E-state index contributed by atoms with van der Waals surface area (Å²) >= 11 is 4.81. The van der Waals surface area contributed by atoms with Crippen molar-refractivity contribution in [2.24, 2.45) is 0 Å². The lowest BCUT2D eigenvalue weighted by atomic mass is 10.2. The summed E-state index contributed by atoms with van der Waals surface area (Å²) in [6, 6.07) is 9.20. The van der Waals surface area contributed by atoms with E-state index in [1.54, 1.807) is 17.8 Å². The average molecular weight is 326 g/mol. The first-order valence-corrected chi connectivity index (χ1v) is 7.34. The maximum absolute atomic E-state index is 13.6. The lowest BCUT2D eigenvalue weighted by Gasteiger charge is -2.05. The van der Waals surface area contributed by atoms with Crippen LogP contribution >= 0.6 is 27.7 Å². The van der Waals surface area contributed by atoms with E-state index >= 15 is 0 Å². The molecule has 0 saturated heterocycles. The van der Waals surface area contributed by atoms with Crippen LogP contribution in [0.1, 0.15) is 16.8 Å². The number of hydrogen-bond donors (Lipinski definition) is 0. The molecule has 0 bridgehead atoms. The van der Waals surface area contributed by atoms with Gasteiger partial charge >= 0.3 is 0 Å². The molecule has 94 valence electrons. The molecule has 1 heterocycles. The monoisotopic (exact) mass is 325 g/mol. The van der Waals surface area contributed by atoms with E-state index in [0.717, 1.165) is 15.2 Å². The quantitative estimate of drug-likeness (QED) is 0.745. The molecular weight excluding hydrogens is 313 g/mol. The highest BCUT2D eigenvalue weighted by molar-refractivity contribution is 9.10. The smallest absolute Gasteiger partial charge is 0.128 e. The molecule has 0 radical (unpaired) electrons. The lowest BCUT2D eigenvalue weighted by molar-refractivity contribution is 0.616. The van der Waals surface area contributed by atoms with Gasteiger partial charge in [0.25, 0.3) is 0 Å². The Hall–Kier alpha value is -0.870. The second-order valence-electron chi connectivity index (χ2n) is 4.15. The summed E-state index contributed by atoms with van der Waals surface area (Å²) in [6.07, 6.45) is 0. The third-order valence-electron chi connectivity index (χ3n) is 2.46. The fourth-order valence-corrected chi connectivity index (χ4v) is 3.02. The number of pyridine rings is 1. The zero-order valence-corrected chi connectivity index (χ0v) is 12.6. The minimum absolute atomic E-state index is 0.179. The first-order valence-electron chi connectivity index (χ1n) is 5.56. The zero-order chi connectivity index (χ0) is 13.1. The molecule has 1 aromatic heterocycles. The predicted molar refractivity (Wildman–Crippen MR) is 77.4 cm³/mol. The number of benzene rings is 1. The molecule has 4 heteroatoms. The Morgan fingerprint density at radius 1 is 1.22 bits per heavy atom. The first kappa shape index (κ1) is 13.6. The first-order chi connectivity index (χ1) is 8.54. The maximum atomic E-state index is 13.6. The van der Waals surface area contributed by atoms with Gasteiger partial charge in [-0.2, -0.15) is 0 Å². The SMILES string of the molecule is Cc1cc(C)nc(SCc2ccc(Br)cc2F)c1. The van der Waals surface area contributed by atoms with E-state index in [4.69, 9.17) is 0 Å². The normalized spacial score (nSPS) is 10.7. The van der Waals surface area contributed by atoms with Gasteiger partial charge in [-0.3, -0.25) is 0 Å². The van der Waals surface area contributed by atoms with Gasteiger partial charge < -0.3 is 0 Å². The standard InChI is InChI=1S/C14H13BrFNS/c1-9-5-10(2)17-14(6-9)18-8-11-3-4-12(15)7-13(11)16/h3-7H,8H2,1-2H3. The lowest BCUT2D eigenvalue weighted by Crippen LogP contribution is -1.90. The molecule has 0 N–H and O–H groups in total. The van der Waals surface area contributed by atoms with Crippen molar-refractivity contribution in [1.29, 1.82) is 0 Å². The Labute approximate surface area is 119 Å². The van der Waals surface area contributed by atoms with Crippen LogP contribution < -0.4 is 0 Å². The third-order valence-corrected chi connectivity index (χ3v) is 3.92. The highest BCUT2D eigenvalue weighted by Crippen LogP contribution is 2.25. The second kappa shape index (κ2) is 5.85. The zero-order valence-electron chi connectivity index (χ0n) is 10.2. The summed E-state index contributed by atoms with van der Waals surface area (Å²) in [4.78, 5) is 4.43. The van der Waals surface area contributed by atoms with Crippen molar-refractivity contribution in [3.63, 3.8) is 0 Å². The molecule has 0 aliphatic heterocycles. The molecule has 18 heavy (non-hydrogen) atoms. The van der Waals surface area contributed by atoms with E-state index in [2.05, 4.69) is 20.9 Å². The van der Waals surface area contributed by atoms with Gasteiger partial charge in [0.05, 0.1) is 5.03 Å². The molecule has 0 aliphatic rings. The summed E-state index contributed by atoms with van der Waals surface area (Å²) in [5.41, 5.74) is 2.87. The molecule has 2 rings (SSSR count). The minimum atomic E-state index is -0.179. The summed E-state index contributed by atoms with van der Waals surface area (Å²) < 4.78 is 14.4. The van der Waals surface area contributed by atoms with Gasteiger partial charge in [0, 0.05) is 15.9 Å². The van der Waals surface area contributed by atoms with Crippen LogP contribution in [0.4, 0.5) is 4.39 Å². The summed E-state index contributed by atoms with van der Waals surface area (Å²) in [6.45, 7) is 4.01. The van der Waals surface area contributed by atoms with Crippen LogP contribution in [0.3, 0.4) is 0 Å². The summed E-state index contributed by atoms with van der Waals surface area (Å²) in [7, 11) is 0. The van der Waals surface area contributed by atoms with Crippen molar-refractivity contribution in [3.05, 3.63) is 57.4 Å². The number of aryl methyl sites for hydroxylation is 2. The van der Waals surface area contributed by atoms with E-state index in [1.807, 2.05) is 32.0 Å². The summed E-state index contributed by atoms with van der Waals surface area (Å²) in [5.74, 6) is 0.413. The van der Waals surface area contributed by atoms with E-state index in [-0.39, 0.29) is 5.82 Å². The molecule has 0 amide bonds. The predicted octanol–water partition coefficient (Wildman–Crippen LogP) is 4.89. The Morgan fingerprint density at radius 3 is 2.67 bits per heavy atom. The minimum Gasteiger partial charge on any atom is -0.247 e. The van der Waals surface area contributed by atoms with Gasteiger partial charge in [-0.25, -0.2) is 9.37 Å². The van der Waals surface area contributed by atoms with Crippen LogP contribution in [0.5, 0.6) is 0 Å². The number of rotatable bonds is 3. The fourth-order valence-electron chi connectivity index (χ4n) is 1.67. The Bertz CT molecular complexity index is 551. The second-order valence-corrected chi connectivity index (χ2v) is 6.06. The molecule has 0 aliphatic carbocycles. The highest BCUT2D eigenvalue weighted by atomic mass is 79.9. The number of nitrogens with zero attached hydrogens (tertiary/aromatic N) is 1. The molecule has 0 spiro atoms. The van der Waals surface area contributed by atoms with Crippen molar-refractivity contribution in [2.75, 3.05) is 0 Å². The van der Waals surface area contributed by atoms with Crippen LogP contribution in [0.15, 0.2) is 39.8 Å². The number of hydrogen-bond acceptors (Lipinski definition) is 2. The maximum Gasteiger partial charge on any atom is 0.128 e. The molecule has 0 fully saturated rings. The number of halogens is 2. The van der Waals surface area contributed by atoms with E-state index < -0.39 is 0 Å². The molecular formula is C14H13BrFNS. The van der Waals surface area contributed by atoms with Crippen LogP contribution in [0.25, 0.3) is 0 Å². The van der Waals surface area contributed by atoms with Crippen molar-refractivity contribution in [2.45, 2.75) is 24.6 Å². The topological polar surface area (TPSA) is 12.9 Å². The molecule has 0 unspecified atom stereocenters. The van der Waals surface area contributed by atoms with E-state index in [0.29, 0.717) is 11.3 Å². The van der Waals surface area contributed by atoms with Crippen molar-refractivity contribution in [3.8, 4) is 0 Å². The Kier molecular flexibility index (Phi) is 4.40. The van der Waals surface area contributed by atoms with E-state index in [1.165, 1.54) is 11.6 Å². The van der Waals surface area contributed by atoms with Crippen LogP contribution in [-0.4, -0.2) is 4.98 Å². The molecule has 1 aromatic carbocycles. The molecule has 0 saturated carbocycles. The van der Waals surface area contributed by atoms with Gasteiger partial charge in [0.2, 0.25) is 0 Å². The van der Waals surface area contributed by atoms with Gasteiger partial charge in [-0.15, -0.1) is 11.8 Å². The Balaban J connectivity index is 2.11. The van der Waals surface area contributed by atoms with Crippen LogP contribution in [0, 0.1) is 19.7 Å². The third kappa shape index (κ3) is 3.56. The number of thioether (sulfide) groups is 1. The average Bonchev–Trinajstić information content (AvgIpc) is 2.26. The summed E-state index contributed by atoms with van der Waals surface area (Å²) in [5, 5.41) is 0.940. The molecule has 0 atom stereocenters. The fraction of sp³-hybridized carbons (Fsp3) is 0.214. The van der Waals surface area contributed by atoms with Gasteiger partial charge in [-0.1, -0.05) is 22.0 Å². The van der Waals surface area contributed by atoms with Crippen molar-refractivity contribution in [1.82, 2.24) is 4.98 Å².